The largest absolute Gasteiger partial charge is 0.433 e. The predicted octanol–water partition coefficient (Wildman–Crippen LogP) is 2.06. The van der Waals surface area contributed by atoms with E-state index in [2.05, 4.69) is 10.3 Å². The number of carbonyl (C=O) groups is 1. The molecule has 1 amide bonds. The molecule has 1 fully saturated rings. The minimum atomic E-state index is -4.45. The molecule has 7 heteroatoms. The van der Waals surface area contributed by atoms with Gasteiger partial charge >= 0.3 is 6.18 Å². The van der Waals surface area contributed by atoms with Crippen molar-refractivity contribution in [1.82, 2.24) is 10.3 Å². The first-order chi connectivity index (χ1) is 9.41. The lowest BCUT2D eigenvalue weighted by molar-refractivity contribution is -0.141. The summed E-state index contributed by atoms with van der Waals surface area (Å²) in [6.07, 6.45) is -1.76. The molecule has 1 aliphatic rings. The second-order valence-corrected chi connectivity index (χ2v) is 4.80. The Balaban J connectivity index is 2.17. The molecule has 1 aromatic rings. The standard InChI is InChI=1S/C13H16F3N3O/c1-17-12(20)9-3-2-6-19(8-9)10-4-5-18-11(7-10)13(14,15)16/h4-5,7,9H,2-3,6,8H2,1H3,(H,17,20). The van der Waals surface area contributed by atoms with E-state index in [1.807, 2.05) is 0 Å². The number of nitrogens with one attached hydrogen (secondary N) is 1. The van der Waals surface area contributed by atoms with Crippen LogP contribution in [0.3, 0.4) is 0 Å². The Morgan fingerprint density at radius 3 is 2.90 bits per heavy atom. The van der Waals surface area contributed by atoms with Gasteiger partial charge in [-0.15, -0.1) is 0 Å². The van der Waals surface area contributed by atoms with E-state index >= 15 is 0 Å². The monoisotopic (exact) mass is 287 g/mol. The lowest BCUT2D eigenvalue weighted by Crippen LogP contribution is -2.42. The molecule has 0 spiro atoms. The Morgan fingerprint density at radius 1 is 1.50 bits per heavy atom. The average molecular weight is 287 g/mol. The zero-order chi connectivity index (χ0) is 14.8. The smallest absolute Gasteiger partial charge is 0.371 e. The molecule has 1 aromatic heterocycles. The second kappa shape index (κ2) is 5.68. The van der Waals surface area contributed by atoms with Crippen LogP contribution in [0, 0.1) is 5.92 Å². The van der Waals surface area contributed by atoms with Crippen molar-refractivity contribution in [2.24, 2.45) is 5.92 Å². The van der Waals surface area contributed by atoms with Gasteiger partial charge in [0.25, 0.3) is 0 Å². The predicted molar refractivity (Wildman–Crippen MR) is 68.2 cm³/mol. The molecule has 1 aliphatic heterocycles. The number of halogens is 3. The van der Waals surface area contributed by atoms with Crippen molar-refractivity contribution in [1.29, 1.82) is 0 Å². The lowest BCUT2D eigenvalue weighted by Gasteiger charge is -2.33. The van der Waals surface area contributed by atoms with E-state index in [-0.39, 0.29) is 11.8 Å². The van der Waals surface area contributed by atoms with Gasteiger partial charge in [-0.05, 0) is 25.0 Å². The molecule has 2 rings (SSSR count). The van der Waals surface area contributed by atoms with Crippen LogP contribution in [-0.4, -0.2) is 31.0 Å². The van der Waals surface area contributed by atoms with Crippen molar-refractivity contribution in [2.75, 3.05) is 25.0 Å². The number of alkyl halides is 3. The fourth-order valence-corrected chi connectivity index (χ4v) is 2.40. The number of hydrogen-bond donors (Lipinski definition) is 1. The number of amides is 1. The van der Waals surface area contributed by atoms with E-state index in [1.54, 1.807) is 18.0 Å². The quantitative estimate of drug-likeness (QED) is 0.905. The Kier molecular flexibility index (Phi) is 4.15. The lowest BCUT2D eigenvalue weighted by atomic mass is 9.97. The maximum atomic E-state index is 12.6. The zero-order valence-electron chi connectivity index (χ0n) is 11.1. The van der Waals surface area contributed by atoms with E-state index in [0.29, 0.717) is 18.8 Å². The number of aromatic nitrogens is 1. The summed E-state index contributed by atoms with van der Waals surface area (Å²) in [5.41, 5.74) is -0.446. The highest BCUT2D eigenvalue weighted by molar-refractivity contribution is 5.79. The first-order valence-corrected chi connectivity index (χ1v) is 6.41. The highest BCUT2D eigenvalue weighted by Crippen LogP contribution is 2.31. The molecule has 4 nitrogen and oxygen atoms in total. The Morgan fingerprint density at radius 2 is 2.25 bits per heavy atom. The van der Waals surface area contributed by atoms with E-state index in [9.17, 15) is 18.0 Å². The molecule has 0 aliphatic carbocycles. The van der Waals surface area contributed by atoms with Crippen molar-refractivity contribution in [3.63, 3.8) is 0 Å². The second-order valence-electron chi connectivity index (χ2n) is 4.80. The van der Waals surface area contributed by atoms with Crippen LogP contribution in [-0.2, 0) is 11.0 Å². The summed E-state index contributed by atoms with van der Waals surface area (Å²) < 4.78 is 37.9. The van der Waals surface area contributed by atoms with Crippen LogP contribution in [0.2, 0.25) is 0 Å². The number of rotatable bonds is 2. The van der Waals surface area contributed by atoms with E-state index in [1.165, 1.54) is 0 Å². The zero-order valence-corrected chi connectivity index (χ0v) is 11.1. The van der Waals surface area contributed by atoms with Gasteiger partial charge in [0.2, 0.25) is 5.91 Å². The normalized spacial score (nSPS) is 19.8. The van der Waals surface area contributed by atoms with Crippen LogP contribution < -0.4 is 10.2 Å². The minimum Gasteiger partial charge on any atom is -0.371 e. The molecule has 20 heavy (non-hydrogen) atoms. The first-order valence-electron chi connectivity index (χ1n) is 6.41. The van der Waals surface area contributed by atoms with Gasteiger partial charge in [-0.2, -0.15) is 13.2 Å². The van der Waals surface area contributed by atoms with Gasteiger partial charge in [0.15, 0.2) is 0 Å². The van der Waals surface area contributed by atoms with Gasteiger partial charge in [-0.25, -0.2) is 0 Å². The fraction of sp³-hybridized carbons (Fsp3) is 0.538. The van der Waals surface area contributed by atoms with E-state index in [0.717, 1.165) is 25.1 Å². The number of pyridine rings is 1. The number of hydrogen-bond acceptors (Lipinski definition) is 3. The van der Waals surface area contributed by atoms with Gasteiger partial charge in [0, 0.05) is 32.0 Å². The molecule has 1 N–H and O–H groups in total. The van der Waals surface area contributed by atoms with Gasteiger partial charge in [-0.1, -0.05) is 0 Å². The molecule has 2 heterocycles. The molecule has 110 valence electrons. The Labute approximate surface area is 115 Å². The number of carbonyl (C=O) groups excluding carboxylic acids is 1. The van der Waals surface area contributed by atoms with Crippen LogP contribution in [0.4, 0.5) is 18.9 Å². The molecule has 1 atom stereocenters. The molecule has 0 saturated carbocycles. The molecule has 1 saturated heterocycles. The van der Waals surface area contributed by atoms with Gasteiger partial charge in [0.05, 0.1) is 5.92 Å². The molecular weight excluding hydrogens is 271 g/mol. The van der Waals surface area contributed by atoms with E-state index in [4.69, 9.17) is 0 Å². The van der Waals surface area contributed by atoms with Gasteiger partial charge in [-0.3, -0.25) is 9.78 Å². The summed E-state index contributed by atoms with van der Waals surface area (Å²) in [5, 5.41) is 2.58. The number of piperidine rings is 1. The van der Waals surface area contributed by atoms with Crippen LogP contribution in [0.15, 0.2) is 18.3 Å². The molecule has 1 unspecified atom stereocenters. The topological polar surface area (TPSA) is 45.2 Å². The molecular formula is C13H16F3N3O. The van der Waals surface area contributed by atoms with Crippen LogP contribution in [0.5, 0.6) is 0 Å². The SMILES string of the molecule is CNC(=O)C1CCCN(c2ccnc(C(F)(F)F)c2)C1. The molecule has 0 radical (unpaired) electrons. The van der Waals surface area contributed by atoms with Gasteiger partial charge < -0.3 is 10.2 Å². The van der Waals surface area contributed by atoms with Crippen molar-refractivity contribution in [3.8, 4) is 0 Å². The molecule has 0 aromatic carbocycles. The minimum absolute atomic E-state index is 0.0696. The van der Waals surface area contributed by atoms with Crippen LogP contribution >= 0.6 is 0 Å². The Hall–Kier alpha value is -1.79. The maximum Gasteiger partial charge on any atom is 0.433 e. The van der Waals surface area contributed by atoms with Gasteiger partial charge in [0.1, 0.15) is 5.69 Å². The third kappa shape index (κ3) is 3.20. The number of nitrogens with zero attached hydrogens (tertiary/aromatic N) is 2. The summed E-state index contributed by atoms with van der Waals surface area (Å²) in [6, 6.07) is 2.58. The van der Waals surface area contributed by atoms with E-state index < -0.39 is 11.9 Å². The highest BCUT2D eigenvalue weighted by atomic mass is 19.4. The third-order valence-corrected chi connectivity index (χ3v) is 3.44. The maximum absolute atomic E-state index is 12.6. The van der Waals surface area contributed by atoms with Crippen molar-refractivity contribution >= 4 is 11.6 Å². The van der Waals surface area contributed by atoms with Crippen molar-refractivity contribution < 1.29 is 18.0 Å². The van der Waals surface area contributed by atoms with Crippen molar-refractivity contribution in [2.45, 2.75) is 19.0 Å². The third-order valence-electron chi connectivity index (χ3n) is 3.44. The van der Waals surface area contributed by atoms with Crippen molar-refractivity contribution in [3.05, 3.63) is 24.0 Å². The average Bonchev–Trinajstić information content (AvgIpc) is 2.46. The first kappa shape index (κ1) is 14.6. The summed E-state index contributed by atoms with van der Waals surface area (Å²) in [7, 11) is 1.56. The summed E-state index contributed by atoms with van der Waals surface area (Å²) in [4.78, 5) is 16.8. The summed E-state index contributed by atoms with van der Waals surface area (Å²) in [5.74, 6) is -0.254. The fourth-order valence-electron chi connectivity index (χ4n) is 2.40. The highest BCUT2D eigenvalue weighted by Gasteiger charge is 2.33. The number of anilines is 1. The Bertz CT molecular complexity index is 490. The molecule has 0 bridgehead atoms. The van der Waals surface area contributed by atoms with Crippen LogP contribution in [0.25, 0.3) is 0 Å². The summed E-state index contributed by atoms with van der Waals surface area (Å²) >= 11 is 0. The van der Waals surface area contributed by atoms with Crippen LogP contribution in [0.1, 0.15) is 18.5 Å². The summed E-state index contributed by atoms with van der Waals surface area (Å²) in [6.45, 7) is 1.08.